The normalized spacial score (nSPS) is 10.3. The van der Waals surface area contributed by atoms with Gasteiger partial charge < -0.3 is 14.8 Å². The fourth-order valence-corrected chi connectivity index (χ4v) is 1.45. The van der Waals surface area contributed by atoms with E-state index in [9.17, 15) is 0 Å². The maximum absolute atomic E-state index is 5.54. The highest BCUT2D eigenvalue weighted by Gasteiger charge is 2.10. The van der Waals surface area contributed by atoms with Gasteiger partial charge in [-0.1, -0.05) is 6.92 Å². The quantitative estimate of drug-likeness (QED) is 0.823. The molecule has 2 aromatic rings. The fraction of sp³-hybridized carbons (Fsp3) is 0.500. The van der Waals surface area contributed by atoms with Gasteiger partial charge in [-0.15, -0.1) is 4.98 Å². The Morgan fingerprint density at radius 3 is 2.65 bits per heavy atom. The fourth-order valence-electron chi connectivity index (χ4n) is 1.45. The first-order valence-electron chi connectivity index (χ1n) is 6.50. The monoisotopic (exact) mass is 278 g/mol. The van der Waals surface area contributed by atoms with E-state index >= 15 is 0 Å². The van der Waals surface area contributed by atoms with Crippen LogP contribution in [0.3, 0.4) is 0 Å². The van der Waals surface area contributed by atoms with Gasteiger partial charge in [0.15, 0.2) is 5.75 Å². The molecule has 0 radical (unpaired) electrons. The van der Waals surface area contributed by atoms with E-state index in [1.165, 1.54) is 0 Å². The van der Waals surface area contributed by atoms with Crippen molar-refractivity contribution in [2.24, 2.45) is 7.05 Å². The van der Waals surface area contributed by atoms with Crippen molar-refractivity contribution in [1.29, 1.82) is 0 Å². The molecule has 0 amide bonds. The summed E-state index contributed by atoms with van der Waals surface area (Å²) < 4.78 is 12.5. The molecule has 0 unspecified atom stereocenters. The number of aryl methyl sites for hydroxylation is 1. The summed E-state index contributed by atoms with van der Waals surface area (Å²) in [6.07, 6.45) is 4.28. The van der Waals surface area contributed by atoms with Gasteiger partial charge in [0, 0.05) is 13.6 Å². The number of ether oxygens (including phenoxy) is 2. The molecule has 1 N–H and O–H groups in total. The van der Waals surface area contributed by atoms with Gasteiger partial charge in [-0.2, -0.15) is 15.1 Å². The largest absolute Gasteiger partial charge is 0.464 e. The van der Waals surface area contributed by atoms with E-state index in [4.69, 9.17) is 9.47 Å². The number of nitrogens with one attached hydrogen (secondary N) is 1. The third kappa shape index (κ3) is 3.81. The van der Waals surface area contributed by atoms with Crippen molar-refractivity contribution >= 4 is 5.95 Å². The van der Waals surface area contributed by atoms with Gasteiger partial charge in [0.05, 0.1) is 19.0 Å². The van der Waals surface area contributed by atoms with Crippen molar-refractivity contribution in [3.63, 3.8) is 0 Å². The molecular formula is C12H18N6O2. The Balaban J connectivity index is 2.18. The molecule has 0 aliphatic heterocycles. The third-order valence-electron chi connectivity index (χ3n) is 2.29. The van der Waals surface area contributed by atoms with Crippen LogP contribution < -0.4 is 14.8 Å². The molecular weight excluding hydrogens is 260 g/mol. The number of anilines is 1. The summed E-state index contributed by atoms with van der Waals surface area (Å²) in [6, 6.07) is 0.412. The summed E-state index contributed by atoms with van der Waals surface area (Å²) in [5, 5.41) is 7.10. The summed E-state index contributed by atoms with van der Waals surface area (Å²) in [4.78, 5) is 12.4. The molecule has 0 aliphatic carbocycles. The van der Waals surface area contributed by atoms with Crippen LogP contribution in [0.25, 0.3) is 0 Å². The van der Waals surface area contributed by atoms with Gasteiger partial charge in [-0.3, -0.25) is 4.68 Å². The third-order valence-corrected chi connectivity index (χ3v) is 2.29. The van der Waals surface area contributed by atoms with E-state index in [1.54, 1.807) is 24.1 Å². The number of aromatic nitrogens is 5. The van der Waals surface area contributed by atoms with Gasteiger partial charge in [0.2, 0.25) is 5.95 Å². The molecule has 0 aliphatic rings. The molecule has 20 heavy (non-hydrogen) atoms. The van der Waals surface area contributed by atoms with Gasteiger partial charge in [0.1, 0.15) is 0 Å². The first kappa shape index (κ1) is 14.0. The lowest BCUT2D eigenvalue weighted by Crippen LogP contribution is -2.08. The number of nitrogens with zero attached hydrogens (tertiary/aromatic N) is 5. The lowest BCUT2D eigenvalue weighted by atomic mass is 10.5. The average Bonchev–Trinajstić information content (AvgIpc) is 2.82. The first-order chi connectivity index (χ1) is 9.71. The number of hydrogen-bond acceptors (Lipinski definition) is 7. The predicted octanol–water partition coefficient (Wildman–Crippen LogP) is 1.62. The second-order valence-corrected chi connectivity index (χ2v) is 4.04. The molecule has 0 spiro atoms. The Kier molecular flexibility index (Phi) is 4.70. The van der Waals surface area contributed by atoms with Crippen LogP contribution in [0, 0.1) is 0 Å². The van der Waals surface area contributed by atoms with E-state index < -0.39 is 0 Å². The van der Waals surface area contributed by atoms with Crippen LogP contribution >= 0.6 is 0 Å². The summed E-state index contributed by atoms with van der Waals surface area (Å²) in [6.45, 7) is 5.17. The molecule has 8 heteroatoms. The molecule has 0 bridgehead atoms. The van der Waals surface area contributed by atoms with E-state index in [0.29, 0.717) is 18.3 Å². The Labute approximate surface area is 117 Å². The second kappa shape index (κ2) is 6.69. The Morgan fingerprint density at radius 1 is 1.20 bits per heavy atom. The van der Waals surface area contributed by atoms with Crippen LogP contribution in [0.2, 0.25) is 0 Å². The van der Waals surface area contributed by atoms with Crippen molar-refractivity contribution in [2.75, 3.05) is 18.5 Å². The van der Waals surface area contributed by atoms with Gasteiger partial charge in [-0.05, 0) is 13.3 Å². The SMILES string of the molecule is CCCNc1nc(OCC)nc(Oc2cnn(C)c2)n1. The first-order valence-corrected chi connectivity index (χ1v) is 6.50. The molecule has 0 atom stereocenters. The van der Waals surface area contributed by atoms with Crippen LogP contribution in [0.5, 0.6) is 17.8 Å². The van der Waals surface area contributed by atoms with Crippen molar-refractivity contribution in [3.8, 4) is 17.8 Å². The van der Waals surface area contributed by atoms with Crippen LogP contribution in [0.1, 0.15) is 20.3 Å². The molecule has 2 rings (SSSR count). The highest BCUT2D eigenvalue weighted by molar-refractivity contribution is 5.29. The van der Waals surface area contributed by atoms with Crippen molar-refractivity contribution < 1.29 is 9.47 Å². The minimum Gasteiger partial charge on any atom is -0.464 e. The minimum atomic E-state index is 0.176. The number of rotatable bonds is 7. The van der Waals surface area contributed by atoms with Gasteiger partial charge >= 0.3 is 12.0 Å². The van der Waals surface area contributed by atoms with E-state index in [1.807, 2.05) is 6.92 Å². The zero-order chi connectivity index (χ0) is 14.4. The zero-order valence-electron chi connectivity index (χ0n) is 11.8. The lowest BCUT2D eigenvalue weighted by molar-refractivity contribution is 0.304. The topological polar surface area (TPSA) is 87.0 Å². The van der Waals surface area contributed by atoms with Gasteiger partial charge in [-0.25, -0.2) is 0 Å². The molecule has 0 saturated heterocycles. The molecule has 2 heterocycles. The number of hydrogen-bond donors (Lipinski definition) is 1. The summed E-state index contributed by atoms with van der Waals surface area (Å²) in [5.41, 5.74) is 0. The zero-order valence-corrected chi connectivity index (χ0v) is 11.8. The van der Waals surface area contributed by atoms with Crippen molar-refractivity contribution in [2.45, 2.75) is 20.3 Å². The Hall–Kier alpha value is -2.38. The van der Waals surface area contributed by atoms with Crippen LogP contribution in [-0.2, 0) is 7.05 Å². The highest BCUT2D eigenvalue weighted by Crippen LogP contribution is 2.19. The van der Waals surface area contributed by atoms with Crippen LogP contribution in [0.4, 0.5) is 5.95 Å². The van der Waals surface area contributed by atoms with E-state index in [2.05, 4.69) is 32.3 Å². The van der Waals surface area contributed by atoms with E-state index in [0.717, 1.165) is 13.0 Å². The molecule has 2 aromatic heterocycles. The van der Waals surface area contributed by atoms with Crippen LogP contribution in [0.15, 0.2) is 12.4 Å². The summed E-state index contributed by atoms with van der Waals surface area (Å²) in [5.74, 6) is 0.992. The Bertz CT molecular complexity index is 557. The molecule has 8 nitrogen and oxygen atoms in total. The van der Waals surface area contributed by atoms with E-state index in [-0.39, 0.29) is 12.0 Å². The highest BCUT2D eigenvalue weighted by atomic mass is 16.5. The minimum absolute atomic E-state index is 0.176. The molecule has 108 valence electrons. The predicted molar refractivity (Wildman–Crippen MR) is 73.1 cm³/mol. The van der Waals surface area contributed by atoms with Crippen molar-refractivity contribution in [3.05, 3.63) is 12.4 Å². The average molecular weight is 278 g/mol. The van der Waals surface area contributed by atoms with Crippen LogP contribution in [-0.4, -0.2) is 37.9 Å². The molecule has 0 fully saturated rings. The smallest absolute Gasteiger partial charge is 0.330 e. The standard InChI is InChI=1S/C12H18N6O2/c1-4-6-13-10-15-11(19-5-2)17-12(16-10)20-9-7-14-18(3)8-9/h7-8H,4-6H2,1-3H3,(H,13,15,16,17). The van der Waals surface area contributed by atoms with Crippen molar-refractivity contribution in [1.82, 2.24) is 24.7 Å². The molecule has 0 saturated carbocycles. The maximum Gasteiger partial charge on any atom is 0.330 e. The Morgan fingerprint density at radius 2 is 2.00 bits per heavy atom. The molecule has 0 aromatic carbocycles. The van der Waals surface area contributed by atoms with Gasteiger partial charge in [0.25, 0.3) is 0 Å². The maximum atomic E-state index is 5.54. The summed E-state index contributed by atoms with van der Waals surface area (Å²) >= 11 is 0. The summed E-state index contributed by atoms with van der Waals surface area (Å²) in [7, 11) is 1.81. The lowest BCUT2D eigenvalue weighted by Gasteiger charge is -2.08. The second-order valence-electron chi connectivity index (χ2n) is 4.04.